The number of aliphatic hydroxyl groups excluding tert-OH is 1. The molecule has 0 aromatic heterocycles. The number of aliphatic hydroxyl groups is 2. The van der Waals surface area contributed by atoms with Crippen LogP contribution in [0.4, 0.5) is 0 Å². The standard InChI is InChI=1S/C7H16O3/c1-6(2)7(9,4-8)5-10-3/h6,8-9H,4-5H2,1-3H3. The molecule has 0 spiro atoms. The summed E-state index contributed by atoms with van der Waals surface area (Å²) in [6.07, 6.45) is 0. The van der Waals surface area contributed by atoms with Crippen molar-refractivity contribution in [2.24, 2.45) is 5.92 Å². The van der Waals surface area contributed by atoms with Crippen molar-refractivity contribution in [1.82, 2.24) is 0 Å². The van der Waals surface area contributed by atoms with Gasteiger partial charge in [-0.1, -0.05) is 13.8 Å². The molecule has 0 radical (unpaired) electrons. The summed E-state index contributed by atoms with van der Waals surface area (Å²) in [7, 11) is 1.50. The summed E-state index contributed by atoms with van der Waals surface area (Å²) < 4.78 is 4.75. The van der Waals surface area contributed by atoms with E-state index in [9.17, 15) is 5.11 Å². The summed E-state index contributed by atoms with van der Waals surface area (Å²) in [6, 6.07) is 0. The lowest BCUT2D eigenvalue weighted by Crippen LogP contribution is -2.43. The van der Waals surface area contributed by atoms with Crippen molar-refractivity contribution >= 4 is 0 Å². The molecule has 62 valence electrons. The van der Waals surface area contributed by atoms with Gasteiger partial charge in [-0.15, -0.1) is 0 Å². The van der Waals surface area contributed by atoms with Gasteiger partial charge in [0.05, 0.1) is 13.2 Å². The van der Waals surface area contributed by atoms with Gasteiger partial charge in [0.15, 0.2) is 0 Å². The first kappa shape index (κ1) is 9.88. The van der Waals surface area contributed by atoms with Crippen LogP contribution in [0.15, 0.2) is 0 Å². The van der Waals surface area contributed by atoms with Crippen molar-refractivity contribution in [3.8, 4) is 0 Å². The van der Waals surface area contributed by atoms with Gasteiger partial charge in [-0.05, 0) is 5.92 Å². The van der Waals surface area contributed by atoms with Gasteiger partial charge in [-0.3, -0.25) is 0 Å². The molecule has 3 heteroatoms. The normalized spacial score (nSPS) is 17.4. The van der Waals surface area contributed by atoms with E-state index >= 15 is 0 Å². The summed E-state index contributed by atoms with van der Waals surface area (Å²) in [4.78, 5) is 0. The molecule has 0 rings (SSSR count). The largest absolute Gasteiger partial charge is 0.393 e. The van der Waals surface area contributed by atoms with Crippen LogP contribution in [0.1, 0.15) is 13.8 Å². The highest BCUT2D eigenvalue weighted by Gasteiger charge is 2.29. The average Bonchev–Trinajstić information content (AvgIpc) is 1.88. The van der Waals surface area contributed by atoms with Crippen molar-refractivity contribution < 1.29 is 14.9 Å². The maximum Gasteiger partial charge on any atom is 0.113 e. The fourth-order valence-corrected chi connectivity index (χ4v) is 0.645. The van der Waals surface area contributed by atoms with Gasteiger partial charge in [0.1, 0.15) is 5.60 Å². The van der Waals surface area contributed by atoms with Crippen molar-refractivity contribution in [2.75, 3.05) is 20.3 Å². The zero-order chi connectivity index (χ0) is 8.20. The topological polar surface area (TPSA) is 49.7 Å². The molecule has 0 aliphatic heterocycles. The molecule has 1 atom stereocenters. The van der Waals surface area contributed by atoms with Crippen LogP contribution in [0.25, 0.3) is 0 Å². The van der Waals surface area contributed by atoms with Gasteiger partial charge in [0, 0.05) is 7.11 Å². The van der Waals surface area contributed by atoms with Crippen LogP contribution < -0.4 is 0 Å². The number of hydrogen-bond acceptors (Lipinski definition) is 3. The molecular formula is C7H16O3. The summed E-state index contributed by atoms with van der Waals surface area (Å²) in [6.45, 7) is 3.62. The summed E-state index contributed by atoms with van der Waals surface area (Å²) >= 11 is 0. The molecule has 0 fully saturated rings. The Labute approximate surface area is 61.6 Å². The second kappa shape index (κ2) is 3.91. The van der Waals surface area contributed by atoms with Gasteiger partial charge < -0.3 is 14.9 Å². The molecule has 0 saturated heterocycles. The first-order valence-corrected chi connectivity index (χ1v) is 3.39. The highest BCUT2D eigenvalue weighted by atomic mass is 16.5. The maximum absolute atomic E-state index is 9.52. The van der Waals surface area contributed by atoms with Crippen LogP contribution in [-0.4, -0.2) is 36.1 Å². The van der Waals surface area contributed by atoms with E-state index in [4.69, 9.17) is 9.84 Å². The highest BCUT2D eigenvalue weighted by Crippen LogP contribution is 2.15. The van der Waals surface area contributed by atoms with E-state index in [0.717, 1.165) is 0 Å². The molecule has 0 aromatic carbocycles. The van der Waals surface area contributed by atoms with Crippen LogP contribution in [0.3, 0.4) is 0 Å². The first-order valence-electron chi connectivity index (χ1n) is 3.39. The van der Waals surface area contributed by atoms with E-state index in [1.807, 2.05) is 13.8 Å². The molecule has 0 bridgehead atoms. The average molecular weight is 148 g/mol. The Morgan fingerprint density at radius 1 is 1.50 bits per heavy atom. The summed E-state index contributed by atoms with van der Waals surface area (Å²) in [5.41, 5.74) is -1.07. The number of rotatable bonds is 4. The minimum atomic E-state index is -1.07. The number of hydrogen-bond donors (Lipinski definition) is 2. The molecule has 0 saturated carbocycles. The molecule has 0 heterocycles. The molecule has 2 N–H and O–H groups in total. The minimum Gasteiger partial charge on any atom is -0.393 e. The second-order valence-electron chi connectivity index (χ2n) is 2.85. The molecule has 3 nitrogen and oxygen atoms in total. The molecular weight excluding hydrogens is 132 g/mol. The SMILES string of the molecule is COCC(O)(CO)C(C)C. The van der Waals surface area contributed by atoms with E-state index in [2.05, 4.69) is 0 Å². The fraction of sp³-hybridized carbons (Fsp3) is 1.00. The quantitative estimate of drug-likeness (QED) is 0.590. The molecule has 10 heavy (non-hydrogen) atoms. The van der Waals surface area contributed by atoms with E-state index < -0.39 is 5.60 Å². The summed E-state index contributed by atoms with van der Waals surface area (Å²) in [5, 5.41) is 18.3. The molecule has 0 aliphatic rings. The lowest BCUT2D eigenvalue weighted by molar-refractivity contribution is -0.0961. The van der Waals surface area contributed by atoms with Crippen LogP contribution in [0.2, 0.25) is 0 Å². The smallest absolute Gasteiger partial charge is 0.113 e. The molecule has 0 amide bonds. The van der Waals surface area contributed by atoms with Gasteiger partial charge in [-0.2, -0.15) is 0 Å². The zero-order valence-corrected chi connectivity index (χ0v) is 6.79. The Hall–Kier alpha value is -0.120. The van der Waals surface area contributed by atoms with Gasteiger partial charge in [0.25, 0.3) is 0 Å². The minimum absolute atomic E-state index is 0.0115. The van der Waals surface area contributed by atoms with E-state index in [1.54, 1.807) is 0 Å². The van der Waals surface area contributed by atoms with E-state index in [1.165, 1.54) is 7.11 Å². The van der Waals surface area contributed by atoms with E-state index in [-0.39, 0.29) is 19.1 Å². The molecule has 1 unspecified atom stereocenters. The monoisotopic (exact) mass is 148 g/mol. The Bertz CT molecular complexity index is 92.9. The number of methoxy groups -OCH3 is 1. The lowest BCUT2D eigenvalue weighted by Gasteiger charge is -2.28. The van der Waals surface area contributed by atoms with E-state index in [0.29, 0.717) is 0 Å². The first-order chi connectivity index (χ1) is 4.56. The fourth-order valence-electron chi connectivity index (χ4n) is 0.645. The highest BCUT2D eigenvalue weighted by molar-refractivity contribution is 4.80. The van der Waals surface area contributed by atoms with Gasteiger partial charge in [0.2, 0.25) is 0 Å². The predicted octanol–water partition coefficient (Wildman–Crippen LogP) is 0.0122. The van der Waals surface area contributed by atoms with Crippen LogP contribution >= 0.6 is 0 Å². The van der Waals surface area contributed by atoms with Crippen molar-refractivity contribution in [3.63, 3.8) is 0 Å². The lowest BCUT2D eigenvalue weighted by atomic mass is 9.92. The zero-order valence-electron chi connectivity index (χ0n) is 6.79. The third-order valence-electron chi connectivity index (χ3n) is 1.74. The van der Waals surface area contributed by atoms with Gasteiger partial charge >= 0.3 is 0 Å². The Kier molecular flexibility index (Phi) is 3.86. The maximum atomic E-state index is 9.52. The van der Waals surface area contributed by atoms with Crippen molar-refractivity contribution in [3.05, 3.63) is 0 Å². The second-order valence-corrected chi connectivity index (χ2v) is 2.85. The van der Waals surface area contributed by atoms with Crippen molar-refractivity contribution in [2.45, 2.75) is 19.4 Å². The third kappa shape index (κ3) is 2.25. The molecule has 0 aromatic rings. The van der Waals surface area contributed by atoms with Crippen molar-refractivity contribution in [1.29, 1.82) is 0 Å². The predicted molar refractivity (Wildman–Crippen MR) is 38.7 cm³/mol. The van der Waals surface area contributed by atoms with Crippen LogP contribution in [-0.2, 0) is 4.74 Å². The third-order valence-corrected chi connectivity index (χ3v) is 1.74. The van der Waals surface area contributed by atoms with Crippen LogP contribution in [0, 0.1) is 5.92 Å². The summed E-state index contributed by atoms with van der Waals surface area (Å²) in [5.74, 6) is 0.0115. The Morgan fingerprint density at radius 3 is 2.10 bits per heavy atom. The van der Waals surface area contributed by atoms with Gasteiger partial charge in [-0.25, -0.2) is 0 Å². The Morgan fingerprint density at radius 2 is 2.00 bits per heavy atom. The number of ether oxygens (including phenoxy) is 1. The van der Waals surface area contributed by atoms with Crippen LogP contribution in [0.5, 0.6) is 0 Å². The Balaban J connectivity index is 3.94. The molecule has 0 aliphatic carbocycles.